The number of imidazole rings is 1. The lowest BCUT2D eigenvalue weighted by Gasteiger charge is -2.01. The quantitative estimate of drug-likeness (QED) is 0.692. The van der Waals surface area contributed by atoms with Gasteiger partial charge in [-0.2, -0.15) is 0 Å². The summed E-state index contributed by atoms with van der Waals surface area (Å²) in [5.74, 6) is 0. The predicted molar refractivity (Wildman–Crippen MR) is 71.1 cm³/mol. The molecule has 0 unspecified atom stereocenters. The van der Waals surface area contributed by atoms with Crippen molar-refractivity contribution in [1.82, 2.24) is 19.6 Å². The molecule has 0 aliphatic rings. The molecular weight excluding hydrogens is 304 g/mol. The summed E-state index contributed by atoms with van der Waals surface area (Å²) in [5.41, 5.74) is 2.96. The third kappa shape index (κ3) is 1.54. The molecule has 0 saturated heterocycles. The highest BCUT2D eigenvalue weighted by Crippen LogP contribution is 2.23. The molecule has 0 amide bonds. The summed E-state index contributed by atoms with van der Waals surface area (Å²) in [6.45, 7) is 3.70. The van der Waals surface area contributed by atoms with Gasteiger partial charge in [-0.3, -0.25) is 4.40 Å². The Bertz CT molecular complexity index is 750. The molecule has 6 heteroatoms. The fraction of sp³-hybridized carbons (Fsp3) is 0. The summed E-state index contributed by atoms with van der Waals surface area (Å²) in [4.78, 5) is 4.30. The van der Waals surface area contributed by atoms with Crippen LogP contribution in [0.15, 0.2) is 29.5 Å². The van der Waals surface area contributed by atoms with E-state index in [0.29, 0.717) is 21.1 Å². The molecule has 3 aromatic rings. The lowest BCUT2D eigenvalue weighted by Crippen LogP contribution is -1.95. The number of rotatable bonds is 1. The SMILES string of the molecule is C=Cc1nc(Br)n2c1nnc1ccc(Cl)cc12. The van der Waals surface area contributed by atoms with Gasteiger partial charge in [0.05, 0.1) is 5.52 Å². The van der Waals surface area contributed by atoms with E-state index in [1.54, 1.807) is 12.1 Å². The van der Waals surface area contributed by atoms with Gasteiger partial charge in [-0.15, -0.1) is 10.2 Å². The van der Waals surface area contributed by atoms with Crippen molar-refractivity contribution in [2.45, 2.75) is 0 Å². The summed E-state index contributed by atoms with van der Waals surface area (Å²) in [6, 6.07) is 5.44. The van der Waals surface area contributed by atoms with E-state index in [1.807, 2.05) is 16.5 Å². The molecule has 0 radical (unpaired) electrons. The van der Waals surface area contributed by atoms with Crippen LogP contribution in [0.5, 0.6) is 0 Å². The Morgan fingerprint density at radius 1 is 1.35 bits per heavy atom. The minimum absolute atomic E-state index is 0.646. The van der Waals surface area contributed by atoms with Crippen LogP contribution in [0.1, 0.15) is 5.69 Å². The highest BCUT2D eigenvalue weighted by Gasteiger charge is 2.12. The highest BCUT2D eigenvalue weighted by atomic mass is 79.9. The van der Waals surface area contributed by atoms with Crippen LogP contribution in [0.2, 0.25) is 5.02 Å². The Labute approximate surface area is 110 Å². The summed E-state index contributed by atoms with van der Waals surface area (Å²) < 4.78 is 2.51. The van der Waals surface area contributed by atoms with Gasteiger partial charge in [-0.1, -0.05) is 18.2 Å². The zero-order valence-electron chi connectivity index (χ0n) is 8.56. The average Bonchev–Trinajstić information content (AvgIpc) is 2.66. The van der Waals surface area contributed by atoms with Crippen molar-refractivity contribution in [3.8, 4) is 0 Å². The smallest absolute Gasteiger partial charge is 0.187 e. The minimum Gasteiger partial charge on any atom is -0.267 e. The molecule has 0 spiro atoms. The molecule has 1 aromatic carbocycles. The Kier molecular flexibility index (Phi) is 2.38. The van der Waals surface area contributed by atoms with Gasteiger partial charge in [0.1, 0.15) is 11.2 Å². The van der Waals surface area contributed by atoms with Crippen molar-refractivity contribution in [1.29, 1.82) is 0 Å². The van der Waals surface area contributed by atoms with Crippen LogP contribution < -0.4 is 0 Å². The zero-order chi connectivity index (χ0) is 12.0. The lowest BCUT2D eigenvalue weighted by molar-refractivity contribution is 1.03. The molecule has 84 valence electrons. The fourth-order valence-electron chi connectivity index (χ4n) is 1.71. The molecule has 0 aliphatic heterocycles. The van der Waals surface area contributed by atoms with Crippen molar-refractivity contribution in [2.75, 3.05) is 0 Å². The van der Waals surface area contributed by atoms with Gasteiger partial charge in [-0.25, -0.2) is 4.98 Å². The molecular formula is C11H6BrClN4. The third-order valence-electron chi connectivity index (χ3n) is 2.46. The van der Waals surface area contributed by atoms with E-state index in [4.69, 9.17) is 11.6 Å². The highest BCUT2D eigenvalue weighted by molar-refractivity contribution is 9.10. The van der Waals surface area contributed by atoms with E-state index in [2.05, 4.69) is 37.7 Å². The van der Waals surface area contributed by atoms with Crippen LogP contribution in [-0.2, 0) is 0 Å². The standard InChI is InChI=1S/C11H6BrClN4/c1-2-7-10-16-15-8-4-3-6(13)5-9(8)17(10)11(12)14-7/h2-5H,1H2. The molecule has 2 heterocycles. The number of fused-ring (bicyclic) bond motifs is 3. The van der Waals surface area contributed by atoms with Crippen LogP contribution in [-0.4, -0.2) is 19.6 Å². The second kappa shape index (κ2) is 3.78. The molecule has 0 fully saturated rings. The van der Waals surface area contributed by atoms with Crippen molar-refractivity contribution >= 4 is 50.3 Å². The largest absolute Gasteiger partial charge is 0.267 e. The summed E-state index contributed by atoms with van der Waals surface area (Å²) in [7, 11) is 0. The van der Waals surface area contributed by atoms with E-state index < -0.39 is 0 Å². The molecule has 0 bridgehead atoms. The number of benzene rings is 1. The van der Waals surface area contributed by atoms with Gasteiger partial charge in [0.15, 0.2) is 10.4 Å². The van der Waals surface area contributed by atoms with Crippen LogP contribution in [0, 0.1) is 0 Å². The van der Waals surface area contributed by atoms with E-state index in [0.717, 1.165) is 11.0 Å². The van der Waals surface area contributed by atoms with Gasteiger partial charge in [0.25, 0.3) is 0 Å². The van der Waals surface area contributed by atoms with Gasteiger partial charge in [0.2, 0.25) is 0 Å². The van der Waals surface area contributed by atoms with Crippen molar-refractivity contribution in [2.24, 2.45) is 0 Å². The number of halogens is 2. The van der Waals surface area contributed by atoms with Gasteiger partial charge in [0, 0.05) is 5.02 Å². The molecule has 4 nitrogen and oxygen atoms in total. The summed E-state index contributed by atoms with van der Waals surface area (Å²) in [6.07, 6.45) is 1.64. The zero-order valence-corrected chi connectivity index (χ0v) is 10.9. The molecule has 0 N–H and O–H groups in total. The molecule has 0 saturated carbocycles. The first-order valence-corrected chi connectivity index (χ1v) is 6.00. The van der Waals surface area contributed by atoms with Crippen LogP contribution >= 0.6 is 27.5 Å². The van der Waals surface area contributed by atoms with E-state index in [9.17, 15) is 0 Å². The van der Waals surface area contributed by atoms with Crippen LogP contribution in [0.3, 0.4) is 0 Å². The maximum atomic E-state index is 5.99. The lowest BCUT2D eigenvalue weighted by atomic mass is 10.3. The fourth-order valence-corrected chi connectivity index (χ4v) is 2.43. The second-order valence-electron chi connectivity index (χ2n) is 3.46. The summed E-state index contributed by atoms with van der Waals surface area (Å²) >= 11 is 9.39. The first-order chi connectivity index (χ1) is 8.20. The van der Waals surface area contributed by atoms with E-state index >= 15 is 0 Å². The van der Waals surface area contributed by atoms with Crippen molar-refractivity contribution in [3.63, 3.8) is 0 Å². The Balaban J connectivity index is 2.58. The molecule has 3 rings (SSSR count). The van der Waals surface area contributed by atoms with Gasteiger partial charge < -0.3 is 0 Å². The second-order valence-corrected chi connectivity index (χ2v) is 4.61. The first-order valence-electron chi connectivity index (χ1n) is 4.83. The third-order valence-corrected chi connectivity index (χ3v) is 3.23. The van der Waals surface area contributed by atoms with Crippen molar-refractivity contribution in [3.05, 3.63) is 40.2 Å². The van der Waals surface area contributed by atoms with Crippen molar-refractivity contribution < 1.29 is 0 Å². The number of aromatic nitrogens is 4. The normalized spacial score (nSPS) is 11.2. The number of hydrogen-bond acceptors (Lipinski definition) is 3. The molecule has 17 heavy (non-hydrogen) atoms. The molecule has 2 aromatic heterocycles. The molecule has 0 aliphatic carbocycles. The van der Waals surface area contributed by atoms with Gasteiger partial charge in [-0.05, 0) is 40.2 Å². The van der Waals surface area contributed by atoms with Crippen LogP contribution in [0.4, 0.5) is 0 Å². The Morgan fingerprint density at radius 3 is 2.94 bits per heavy atom. The topological polar surface area (TPSA) is 43.1 Å². The monoisotopic (exact) mass is 308 g/mol. The average molecular weight is 310 g/mol. The molecule has 0 atom stereocenters. The maximum Gasteiger partial charge on any atom is 0.187 e. The number of nitrogens with zero attached hydrogens (tertiary/aromatic N) is 4. The Morgan fingerprint density at radius 2 is 2.18 bits per heavy atom. The minimum atomic E-state index is 0.646. The number of hydrogen-bond donors (Lipinski definition) is 0. The first kappa shape index (κ1) is 10.7. The predicted octanol–water partition coefficient (Wildman–Crippen LogP) is 3.34. The Hall–Kier alpha value is -1.46. The van der Waals surface area contributed by atoms with Gasteiger partial charge >= 0.3 is 0 Å². The maximum absolute atomic E-state index is 5.99. The summed E-state index contributed by atoms with van der Waals surface area (Å²) in [5, 5.41) is 8.92. The van der Waals surface area contributed by atoms with Crippen LogP contribution in [0.25, 0.3) is 22.8 Å². The van der Waals surface area contributed by atoms with E-state index in [1.165, 1.54) is 0 Å². The van der Waals surface area contributed by atoms with E-state index in [-0.39, 0.29) is 0 Å².